The molecule has 2 rings (SSSR count). The second kappa shape index (κ2) is 8.83. The van der Waals surface area contributed by atoms with Gasteiger partial charge in [-0.05, 0) is 44.0 Å². The average Bonchev–Trinajstić information content (AvgIpc) is 2.60. The van der Waals surface area contributed by atoms with E-state index < -0.39 is 15.9 Å². The molecule has 0 heterocycles. The van der Waals surface area contributed by atoms with Crippen molar-refractivity contribution in [2.75, 3.05) is 10.2 Å². The summed E-state index contributed by atoms with van der Waals surface area (Å²) in [6, 6.07) is 14.8. The summed E-state index contributed by atoms with van der Waals surface area (Å²) in [5.41, 5.74) is 1.24. The van der Waals surface area contributed by atoms with E-state index in [9.17, 15) is 13.2 Å². The second-order valence-electron chi connectivity index (χ2n) is 5.49. The lowest BCUT2D eigenvalue weighted by Crippen LogP contribution is -2.35. The Kier molecular flexibility index (Phi) is 6.79. The zero-order chi connectivity index (χ0) is 18.3. The van der Waals surface area contributed by atoms with E-state index in [0.717, 1.165) is 16.3 Å². The number of unbranched alkanes of at least 4 members (excludes halogenated alkanes) is 1. The van der Waals surface area contributed by atoms with E-state index in [1.807, 2.05) is 6.92 Å². The molecule has 2 aromatic rings. The van der Waals surface area contributed by atoms with E-state index in [4.69, 9.17) is 11.6 Å². The molecular formula is C19H20ClNO3S. The van der Waals surface area contributed by atoms with Gasteiger partial charge in [-0.3, -0.25) is 4.79 Å². The van der Waals surface area contributed by atoms with Crippen molar-refractivity contribution in [3.8, 4) is 0 Å². The van der Waals surface area contributed by atoms with Crippen LogP contribution in [0, 0.1) is 6.92 Å². The molecule has 25 heavy (non-hydrogen) atoms. The van der Waals surface area contributed by atoms with Crippen molar-refractivity contribution in [1.82, 2.24) is 0 Å². The summed E-state index contributed by atoms with van der Waals surface area (Å²) in [5.74, 6) is -0.121. The number of allylic oxidation sites excluding steroid dienone is 1. The van der Waals surface area contributed by atoms with Crippen LogP contribution in [0.4, 0.5) is 5.69 Å². The highest BCUT2D eigenvalue weighted by Crippen LogP contribution is 2.24. The Morgan fingerprint density at radius 3 is 2.32 bits per heavy atom. The van der Waals surface area contributed by atoms with E-state index >= 15 is 0 Å². The molecular weight excluding hydrogens is 358 g/mol. The lowest BCUT2D eigenvalue weighted by molar-refractivity contribution is -0.113. The molecule has 0 N–H and O–H groups in total. The summed E-state index contributed by atoms with van der Waals surface area (Å²) in [6.45, 7) is 1.87. The summed E-state index contributed by atoms with van der Waals surface area (Å²) in [5, 5.41) is 0. The number of hydrogen-bond donors (Lipinski definition) is 0. The standard InChI is InChI=1S/C19H20ClNO3S/c1-16-11-13-18(14-12-16)25(23,24)21(17-8-4-2-5-9-17)19(22)10-6-3-7-15-20/h2,4-6,8-14H,3,7,15H2,1H3/b10-6+. The summed E-state index contributed by atoms with van der Waals surface area (Å²) >= 11 is 5.62. The molecule has 0 aliphatic carbocycles. The van der Waals surface area contributed by atoms with Crippen molar-refractivity contribution in [3.05, 3.63) is 72.3 Å². The number of sulfonamides is 1. The maximum Gasteiger partial charge on any atom is 0.271 e. The monoisotopic (exact) mass is 377 g/mol. The number of carbonyl (C=O) groups is 1. The van der Waals surface area contributed by atoms with Crippen LogP contribution in [0.5, 0.6) is 0 Å². The van der Waals surface area contributed by atoms with E-state index in [2.05, 4.69) is 0 Å². The van der Waals surface area contributed by atoms with Crippen LogP contribution in [0.2, 0.25) is 0 Å². The van der Waals surface area contributed by atoms with E-state index in [1.54, 1.807) is 48.5 Å². The number of nitrogens with zero attached hydrogens (tertiary/aromatic N) is 1. The molecule has 0 aliphatic heterocycles. The maximum atomic E-state index is 13.0. The van der Waals surface area contributed by atoms with Crippen LogP contribution in [-0.4, -0.2) is 20.2 Å². The van der Waals surface area contributed by atoms with Gasteiger partial charge in [0.25, 0.3) is 15.9 Å². The molecule has 0 radical (unpaired) electrons. The zero-order valence-corrected chi connectivity index (χ0v) is 15.5. The van der Waals surface area contributed by atoms with Gasteiger partial charge < -0.3 is 0 Å². The molecule has 0 bridgehead atoms. The Morgan fingerprint density at radius 2 is 1.72 bits per heavy atom. The number of hydrogen-bond acceptors (Lipinski definition) is 3. The van der Waals surface area contributed by atoms with Crippen LogP contribution in [0.15, 0.2) is 71.6 Å². The Balaban J connectivity index is 2.42. The number of alkyl halides is 1. The molecule has 1 amide bonds. The lowest BCUT2D eigenvalue weighted by atomic mass is 10.2. The minimum absolute atomic E-state index is 0.0736. The van der Waals surface area contributed by atoms with Gasteiger partial charge in [0, 0.05) is 12.0 Å². The van der Waals surface area contributed by atoms with Gasteiger partial charge in [0.15, 0.2) is 0 Å². The Labute approximate surface area is 153 Å². The smallest absolute Gasteiger partial charge is 0.268 e. The minimum Gasteiger partial charge on any atom is -0.268 e. The Bertz CT molecular complexity index is 831. The molecule has 2 aromatic carbocycles. The molecule has 0 aliphatic rings. The summed E-state index contributed by atoms with van der Waals surface area (Å²) < 4.78 is 26.9. The first-order valence-electron chi connectivity index (χ1n) is 7.90. The highest BCUT2D eigenvalue weighted by atomic mass is 35.5. The SMILES string of the molecule is Cc1ccc(S(=O)(=O)N(C(=O)/C=C/CCCCl)c2ccccc2)cc1. The number of para-hydroxylation sites is 1. The van der Waals surface area contributed by atoms with Crippen molar-refractivity contribution in [3.63, 3.8) is 0 Å². The van der Waals surface area contributed by atoms with Gasteiger partial charge in [-0.1, -0.05) is 42.0 Å². The summed E-state index contributed by atoms with van der Waals surface area (Å²) in [4.78, 5) is 12.7. The molecule has 0 saturated carbocycles. The van der Waals surface area contributed by atoms with E-state index in [0.29, 0.717) is 18.0 Å². The van der Waals surface area contributed by atoms with Crippen LogP contribution in [0.1, 0.15) is 18.4 Å². The number of carbonyl (C=O) groups excluding carboxylic acids is 1. The van der Waals surface area contributed by atoms with Crippen molar-refractivity contribution in [2.45, 2.75) is 24.7 Å². The van der Waals surface area contributed by atoms with Crippen LogP contribution in [0.25, 0.3) is 0 Å². The number of amides is 1. The lowest BCUT2D eigenvalue weighted by Gasteiger charge is -2.21. The van der Waals surface area contributed by atoms with Crippen molar-refractivity contribution in [2.24, 2.45) is 0 Å². The topological polar surface area (TPSA) is 54.5 Å². The van der Waals surface area contributed by atoms with Crippen LogP contribution in [-0.2, 0) is 14.8 Å². The second-order valence-corrected chi connectivity index (χ2v) is 7.65. The van der Waals surface area contributed by atoms with Gasteiger partial charge in [-0.15, -0.1) is 11.6 Å². The molecule has 0 aromatic heterocycles. The quantitative estimate of drug-likeness (QED) is 0.411. The third kappa shape index (κ3) is 4.94. The highest BCUT2D eigenvalue weighted by Gasteiger charge is 2.29. The summed E-state index contributed by atoms with van der Waals surface area (Å²) in [6.07, 6.45) is 4.26. The van der Waals surface area contributed by atoms with E-state index in [1.165, 1.54) is 18.2 Å². The minimum atomic E-state index is -4.01. The Morgan fingerprint density at radius 1 is 1.08 bits per heavy atom. The molecule has 6 heteroatoms. The number of anilines is 1. The van der Waals surface area contributed by atoms with Gasteiger partial charge in [0.2, 0.25) is 0 Å². The fourth-order valence-electron chi connectivity index (χ4n) is 2.21. The number of rotatable bonds is 7. The first kappa shape index (κ1) is 19.2. The van der Waals surface area contributed by atoms with Gasteiger partial charge in [-0.25, -0.2) is 8.42 Å². The molecule has 0 unspecified atom stereocenters. The predicted octanol–water partition coefficient (Wildman–Crippen LogP) is 4.29. The number of aryl methyl sites for hydroxylation is 1. The number of halogens is 1. The largest absolute Gasteiger partial charge is 0.271 e. The first-order chi connectivity index (χ1) is 12.0. The van der Waals surface area contributed by atoms with Gasteiger partial charge in [0.1, 0.15) is 0 Å². The van der Waals surface area contributed by atoms with Crippen LogP contribution < -0.4 is 4.31 Å². The third-order valence-electron chi connectivity index (χ3n) is 3.51. The van der Waals surface area contributed by atoms with Gasteiger partial charge in [0.05, 0.1) is 10.6 Å². The molecule has 0 saturated heterocycles. The van der Waals surface area contributed by atoms with Crippen LogP contribution >= 0.6 is 11.6 Å². The van der Waals surface area contributed by atoms with E-state index in [-0.39, 0.29) is 4.90 Å². The van der Waals surface area contributed by atoms with Crippen molar-refractivity contribution in [1.29, 1.82) is 0 Å². The fourth-order valence-corrected chi connectivity index (χ4v) is 3.75. The maximum absolute atomic E-state index is 13.0. The average molecular weight is 378 g/mol. The fraction of sp³-hybridized carbons (Fsp3) is 0.211. The highest BCUT2D eigenvalue weighted by molar-refractivity contribution is 7.93. The molecule has 0 atom stereocenters. The Hall–Kier alpha value is -2.11. The molecule has 132 valence electrons. The summed E-state index contributed by atoms with van der Waals surface area (Å²) in [7, 11) is -4.01. The predicted molar refractivity (Wildman–Crippen MR) is 101 cm³/mol. The molecule has 0 spiro atoms. The molecule has 4 nitrogen and oxygen atoms in total. The van der Waals surface area contributed by atoms with Gasteiger partial charge in [-0.2, -0.15) is 4.31 Å². The normalized spacial score (nSPS) is 11.6. The zero-order valence-electron chi connectivity index (χ0n) is 13.9. The first-order valence-corrected chi connectivity index (χ1v) is 9.88. The third-order valence-corrected chi connectivity index (χ3v) is 5.52. The molecule has 0 fully saturated rings. The van der Waals surface area contributed by atoms with Gasteiger partial charge >= 0.3 is 0 Å². The number of benzene rings is 2. The van der Waals surface area contributed by atoms with Crippen molar-refractivity contribution >= 4 is 33.2 Å². The van der Waals surface area contributed by atoms with Crippen LogP contribution in [0.3, 0.4) is 0 Å². The van der Waals surface area contributed by atoms with Crippen molar-refractivity contribution < 1.29 is 13.2 Å².